The van der Waals surface area contributed by atoms with Crippen molar-refractivity contribution < 1.29 is 0 Å². The van der Waals surface area contributed by atoms with Crippen LogP contribution >= 0.6 is 0 Å². The molecule has 0 bridgehead atoms. The van der Waals surface area contributed by atoms with E-state index in [9.17, 15) is 0 Å². The molecule has 0 aliphatic carbocycles. The molecule has 2 aromatic carbocycles. The molecule has 0 amide bonds. The van der Waals surface area contributed by atoms with E-state index in [2.05, 4.69) is 64.8 Å². The number of likely N-dealkylation sites (tertiary alicyclic amines) is 1. The summed E-state index contributed by atoms with van der Waals surface area (Å²) in [6.07, 6.45) is 1.28. The predicted octanol–water partition coefficient (Wildman–Crippen LogP) is 3.40. The molecule has 1 fully saturated rings. The molecular weight excluding hydrogens is 256 g/mol. The van der Waals surface area contributed by atoms with Gasteiger partial charge >= 0.3 is 0 Å². The molecule has 1 atom stereocenters. The normalized spacial score (nSPS) is 19.0. The van der Waals surface area contributed by atoms with Gasteiger partial charge in [0, 0.05) is 19.6 Å². The van der Waals surface area contributed by atoms with Gasteiger partial charge in [-0.3, -0.25) is 4.90 Å². The third-order valence-corrected chi connectivity index (χ3v) is 4.35. The zero-order valence-corrected chi connectivity index (χ0v) is 12.8. The molecule has 1 saturated heterocycles. The highest BCUT2D eigenvalue weighted by atomic mass is 15.1. The molecule has 1 N–H and O–H groups in total. The fourth-order valence-corrected chi connectivity index (χ4v) is 3.20. The van der Waals surface area contributed by atoms with Crippen molar-refractivity contribution >= 4 is 0 Å². The van der Waals surface area contributed by atoms with Gasteiger partial charge in [-0.25, -0.2) is 0 Å². The summed E-state index contributed by atoms with van der Waals surface area (Å²) < 4.78 is 0. The summed E-state index contributed by atoms with van der Waals surface area (Å²) in [6, 6.07) is 19.9. The zero-order valence-electron chi connectivity index (χ0n) is 12.8. The maximum atomic E-state index is 3.19. The Labute approximate surface area is 127 Å². The molecule has 0 aromatic heterocycles. The monoisotopic (exact) mass is 280 g/mol. The van der Waals surface area contributed by atoms with Crippen LogP contribution in [0.5, 0.6) is 0 Å². The van der Waals surface area contributed by atoms with E-state index < -0.39 is 0 Å². The van der Waals surface area contributed by atoms with Crippen molar-refractivity contribution in [1.29, 1.82) is 0 Å². The van der Waals surface area contributed by atoms with Crippen LogP contribution in [0.2, 0.25) is 0 Å². The molecule has 1 heterocycles. The molecular formula is C19H24N2. The van der Waals surface area contributed by atoms with Crippen molar-refractivity contribution in [2.75, 3.05) is 20.1 Å². The van der Waals surface area contributed by atoms with Gasteiger partial charge in [0.1, 0.15) is 0 Å². The van der Waals surface area contributed by atoms with Crippen LogP contribution in [0.3, 0.4) is 0 Å². The summed E-state index contributed by atoms with van der Waals surface area (Å²) in [5.74, 6) is 0.703. The van der Waals surface area contributed by atoms with Crippen molar-refractivity contribution in [3.63, 3.8) is 0 Å². The Hall–Kier alpha value is -1.64. The lowest BCUT2D eigenvalue weighted by Gasteiger charge is -2.16. The van der Waals surface area contributed by atoms with E-state index in [1.807, 2.05) is 7.05 Å². The van der Waals surface area contributed by atoms with Crippen LogP contribution in [0.15, 0.2) is 54.6 Å². The van der Waals surface area contributed by atoms with E-state index in [0.717, 1.165) is 13.1 Å². The highest BCUT2D eigenvalue weighted by molar-refractivity contribution is 5.24. The van der Waals surface area contributed by atoms with E-state index in [0.29, 0.717) is 5.92 Å². The summed E-state index contributed by atoms with van der Waals surface area (Å²) in [5, 5.41) is 3.19. The third-order valence-electron chi connectivity index (χ3n) is 4.35. The van der Waals surface area contributed by atoms with Gasteiger partial charge in [0.2, 0.25) is 0 Å². The SMILES string of the molecule is CNCc1ccc(CN2CCC(c3ccccc3)C2)cc1. The standard InChI is InChI=1S/C19H24N2/c1-20-13-16-7-9-17(10-8-16)14-21-12-11-19(15-21)18-5-3-2-4-6-18/h2-10,19-20H,11-15H2,1H3. The maximum absolute atomic E-state index is 3.19. The van der Waals surface area contributed by atoms with Crippen molar-refractivity contribution in [3.05, 3.63) is 71.3 Å². The van der Waals surface area contributed by atoms with Crippen LogP contribution in [0.1, 0.15) is 29.0 Å². The Balaban J connectivity index is 1.57. The van der Waals surface area contributed by atoms with Gasteiger partial charge in [-0.1, -0.05) is 54.6 Å². The molecule has 0 spiro atoms. The first kappa shape index (κ1) is 14.3. The Morgan fingerprint density at radius 3 is 2.43 bits per heavy atom. The first-order valence-corrected chi connectivity index (χ1v) is 7.85. The van der Waals surface area contributed by atoms with E-state index in [-0.39, 0.29) is 0 Å². The average molecular weight is 280 g/mol. The fourth-order valence-electron chi connectivity index (χ4n) is 3.20. The predicted molar refractivity (Wildman–Crippen MR) is 88.3 cm³/mol. The average Bonchev–Trinajstić information content (AvgIpc) is 2.99. The second kappa shape index (κ2) is 6.88. The van der Waals surface area contributed by atoms with Crippen LogP contribution in [0.4, 0.5) is 0 Å². The Bertz CT molecular complexity index is 548. The van der Waals surface area contributed by atoms with Crippen LogP contribution in [-0.4, -0.2) is 25.0 Å². The zero-order chi connectivity index (χ0) is 14.5. The minimum absolute atomic E-state index is 0.703. The molecule has 1 aliphatic heterocycles. The van der Waals surface area contributed by atoms with Crippen molar-refractivity contribution in [2.45, 2.75) is 25.4 Å². The Morgan fingerprint density at radius 1 is 1.00 bits per heavy atom. The molecule has 1 unspecified atom stereocenters. The fraction of sp³-hybridized carbons (Fsp3) is 0.368. The van der Waals surface area contributed by atoms with Gasteiger partial charge in [-0.2, -0.15) is 0 Å². The van der Waals surface area contributed by atoms with Gasteiger partial charge in [-0.15, -0.1) is 0 Å². The van der Waals surface area contributed by atoms with Gasteiger partial charge in [-0.05, 0) is 42.6 Å². The van der Waals surface area contributed by atoms with Crippen LogP contribution in [0.25, 0.3) is 0 Å². The highest BCUT2D eigenvalue weighted by Crippen LogP contribution is 2.27. The molecule has 0 saturated carbocycles. The number of rotatable bonds is 5. The molecule has 21 heavy (non-hydrogen) atoms. The number of hydrogen-bond acceptors (Lipinski definition) is 2. The smallest absolute Gasteiger partial charge is 0.0233 e. The van der Waals surface area contributed by atoms with E-state index >= 15 is 0 Å². The minimum atomic E-state index is 0.703. The first-order chi connectivity index (χ1) is 10.3. The number of benzene rings is 2. The first-order valence-electron chi connectivity index (χ1n) is 7.85. The molecule has 2 aromatic rings. The minimum Gasteiger partial charge on any atom is -0.316 e. The van der Waals surface area contributed by atoms with Gasteiger partial charge < -0.3 is 5.32 Å². The highest BCUT2D eigenvalue weighted by Gasteiger charge is 2.23. The lowest BCUT2D eigenvalue weighted by Crippen LogP contribution is -2.19. The largest absolute Gasteiger partial charge is 0.316 e. The molecule has 0 radical (unpaired) electrons. The van der Waals surface area contributed by atoms with Gasteiger partial charge in [0.25, 0.3) is 0 Å². The lowest BCUT2D eigenvalue weighted by molar-refractivity contribution is 0.327. The van der Waals surface area contributed by atoms with E-state index in [4.69, 9.17) is 0 Å². The Morgan fingerprint density at radius 2 is 1.71 bits per heavy atom. The summed E-state index contributed by atoms with van der Waals surface area (Å²) in [4.78, 5) is 2.57. The van der Waals surface area contributed by atoms with Gasteiger partial charge in [0.05, 0.1) is 0 Å². The Kier molecular flexibility index (Phi) is 4.69. The number of hydrogen-bond donors (Lipinski definition) is 1. The maximum Gasteiger partial charge on any atom is 0.0233 e. The van der Waals surface area contributed by atoms with Crippen molar-refractivity contribution in [2.24, 2.45) is 0 Å². The summed E-state index contributed by atoms with van der Waals surface area (Å²) >= 11 is 0. The lowest BCUT2D eigenvalue weighted by atomic mass is 9.99. The second-order valence-corrected chi connectivity index (χ2v) is 5.98. The number of nitrogens with zero attached hydrogens (tertiary/aromatic N) is 1. The van der Waals surface area contributed by atoms with Crippen LogP contribution in [-0.2, 0) is 13.1 Å². The molecule has 1 aliphatic rings. The third kappa shape index (κ3) is 3.72. The van der Waals surface area contributed by atoms with E-state index in [1.54, 1.807) is 0 Å². The van der Waals surface area contributed by atoms with Crippen LogP contribution in [0, 0.1) is 0 Å². The van der Waals surface area contributed by atoms with Gasteiger partial charge in [0.15, 0.2) is 0 Å². The summed E-state index contributed by atoms with van der Waals surface area (Å²) in [7, 11) is 1.99. The van der Waals surface area contributed by atoms with E-state index in [1.165, 1.54) is 36.2 Å². The van der Waals surface area contributed by atoms with Crippen LogP contribution < -0.4 is 5.32 Å². The van der Waals surface area contributed by atoms with Crippen molar-refractivity contribution in [3.8, 4) is 0 Å². The summed E-state index contributed by atoms with van der Waals surface area (Å²) in [6.45, 7) is 4.41. The quantitative estimate of drug-likeness (QED) is 0.903. The topological polar surface area (TPSA) is 15.3 Å². The molecule has 2 heteroatoms. The second-order valence-electron chi connectivity index (χ2n) is 5.98. The number of nitrogens with one attached hydrogen (secondary N) is 1. The molecule has 3 rings (SSSR count). The molecule has 2 nitrogen and oxygen atoms in total. The summed E-state index contributed by atoms with van der Waals surface area (Å²) in [5.41, 5.74) is 4.26. The molecule has 110 valence electrons. The van der Waals surface area contributed by atoms with Crippen molar-refractivity contribution in [1.82, 2.24) is 10.2 Å².